The number of aliphatic carboxylic acids is 1. The van der Waals surface area contributed by atoms with Gasteiger partial charge in [0.25, 0.3) is 5.79 Å². The van der Waals surface area contributed by atoms with Crippen molar-refractivity contribution in [2.75, 3.05) is 59.5 Å². The third-order valence-corrected chi connectivity index (χ3v) is 27.7. The summed E-state index contributed by atoms with van der Waals surface area (Å²) in [4.78, 5) is 78.5. The molecule has 8 rings (SSSR count). The number of amides is 5. The maximum absolute atomic E-state index is 13.8. The third kappa shape index (κ3) is 35.8. The van der Waals surface area contributed by atoms with Gasteiger partial charge in [0.2, 0.25) is 29.5 Å². The van der Waals surface area contributed by atoms with E-state index in [1.807, 2.05) is 0 Å². The van der Waals surface area contributed by atoms with Crippen LogP contribution in [-0.2, 0) is 105 Å². The Hall–Kier alpha value is -5.00. The van der Waals surface area contributed by atoms with Gasteiger partial charge >= 0.3 is 5.97 Å². The van der Waals surface area contributed by atoms with Crippen LogP contribution in [0.4, 0.5) is 0 Å². The molecule has 8 saturated heterocycles. The molecule has 5 amide bonds. The van der Waals surface area contributed by atoms with E-state index in [1.54, 1.807) is 6.08 Å². The highest BCUT2D eigenvalue weighted by Gasteiger charge is 2.63. The van der Waals surface area contributed by atoms with Crippen LogP contribution >= 0.6 is 0 Å². The number of carbonyl (C=O) groups excluding carboxylic acids is 5. The Balaban J connectivity index is 1.06. The maximum Gasteiger partial charge on any atom is 0.364 e. The van der Waals surface area contributed by atoms with Crippen LogP contribution in [0, 0.1) is 0 Å². The number of rotatable bonds is 63. The third-order valence-electron chi connectivity index (χ3n) is 27.7. The van der Waals surface area contributed by atoms with E-state index in [0.717, 1.165) is 91.9 Å². The zero-order valence-corrected chi connectivity index (χ0v) is 84.0. The van der Waals surface area contributed by atoms with Crippen molar-refractivity contribution in [1.82, 2.24) is 26.6 Å². The summed E-state index contributed by atoms with van der Waals surface area (Å²) in [6, 6.07) is -8.50. The lowest BCUT2D eigenvalue weighted by Gasteiger charge is -2.51. The molecule has 0 aromatic rings. The minimum Gasteiger partial charge on any atom is -0.477 e. The quantitative estimate of drug-likeness (QED) is 0.0199. The fraction of sp³-hybridized carbons (Fsp3) is 0.916. The summed E-state index contributed by atoms with van der Waals surface area (Å²) in [5, 5.41) is 286. The second-order valence-corrected chi connectivity index (χ2v) is 39.2. The van der Waals surface area contributed by atoms with E-state index in [4.69, 9.17) is 75.8 Å². The topological polar surface area (TPSA) is 796 Å². The monoisotopic (exact) mass is 2110 g/mol. The lowest BCUT2D eigenvalue weighted by Crippen LogP contribution is -2.71. The van der Waals surface area contributed by atoms with Crippen molar-refractivity contribution in [2.45, 2.75) is 491 Å². The van der Waals surface area contributed by atoms with Crippen molar-refractivity contribution in [1.29, 1.82) is 0 Å². The molecule has 43 atom stereocenters. The number of carbonyl (C=O) groups is 6. The largest absolute Gasteiger partial charge is 0.477 e. The van der Waals surface area contributed by atoms with Crippen molar-refractivity contribution >= 4 is 35.5 Å². The number of aliphatic hydroxyl groups is 23. The van der Waals surface area contributed by atoms with E-state index < -0.39 is 365 Å². The molecule has 0 saturated carbocycles. The van der Waals surface area contributed by atoms with Crippen LogP contribution in [0.25, 0.3) is 0 Å². The van der Waals surface area contributed by atoms with E-state index in [1.165, 1.54) is 102 Å². The predicted octanol–water partition coefficient (Wildman–Crippen LogP) is -7.28. The van der Waals surface area contributed by atoms with Crippen molar-refractivity contribution in [2.24, 2.45) is 0 Å². The summed E-state index contributed by atoms with van der Waals surface area (Å²) in [6.07, 6.45) is -47.2. The van der Waals surface area contributed by atoms with Gasteiger partial charge in [-0.05, 0) is 19.3 Å². The standard InChI is InChI=1S/C95H167N5O46/c1-7-9-11-13-15-17-19-21-22-24-26-28-30-32-34-36-62(115)100-51(52(112)35-33-31-29-27-25-23-20-18-16-14-12-10-8-2)45-131-90-76(125)75(124)81(60(44-107)138-90)141-92-78(127)85(144-91-77(126)84(70(119)57(41-104)135-91)143-89-66(99-50(6)111)82(69(118)56(40-103)134-89)142-88-64(97-48(4)109)73(122)68(117)55(39-102)133-88)72(121)61(139-92)46-132-87-65(98-49(5)110)74(123)80(59(43-106)137-87)140-93-79(128)86(71(120)58(42-105)136-93)146-95(94(129)130)37-53(113)63(96-47(3)108)83(145-95)67(116)54(114)38-101/h33,35,51-61,63-93,101-107,112-114,116-128H,7-32,34,36-46H2,1-6H3,(H,96,108)(H,97,109)(H,98,110)(H,99,111)(H,100,115)(H,129,130)/b35-33+/t51-,52+,53?,54+,55?,56?,57?,58?,59?,60?,61?,63+,64?,65?,66?,67+,68-,69-,70-,71-,72-,73+,74+,75+,76?,77?,78?,79?,80+,81+,82+,83?,84-,85-,86-,87+,88+,89-,90+,91+,92-,93-,95-/m0/s1. The van der Waals surface area contributed by atoms with Crippen LogP contribution in [-0.4, -0.2) is 481 Å². The zero-order valence-electron chi connectivity index (χ0n) is 84.0. The molecule has 848 valence electrons. The molecule has 51 heteroatoms. The van der Waals surface area contributed by atoms with Gasteiger partial charge in [0.1, 0.15) is 189 Å². The second kappa shape index (κ2) is 63.7. The highest BCUT2D eigenvalue weighted by atomic mass is 16.8. The number of carboxylic acids is 1. The molecule has 8 aliphatic rings. The number of hydrogen-bond donors (Lipinski definition) is 29. The van der Waals surface area contributed by atoms with Gasteiger partial charge in [-0.25, -0.2) is 4.79 Å². The Morgan fingerprint density at radius 1 is 0.363 bits per heavy atom. The van der Waals surface area contributed by atoms with Gasteiger partial charge in [0.15, 0.2) is 44.0 Å². The number of ether oxygens (including phenoxy) is 16. The van der Waals surface area contributed by atoms with Gasteiger partial charge in [-0.15, -0.1) is 0 Å². The van der Waals surface area contributed by atoms with E-state index in [2.05, 4.69) is 40.4 Å². The summed E-state index contributed by atoms with van der Waals surface area (Å²) < 4.78 is 96.5. The van der Waals surface area contributed by atoms with Crippen LogP contribution in [0.2, 0.25) is 0 Å². The van der Waals surface area contributed by atoms with Gasteiger partial charge in [-0.2, -0.15) is 0 Å². The number of unbranched alkanes of at least 4 members (excludes halogenated alkanes) is 25. The molecule has 8 heterocycles. The Bertz CT molecular complexity index is 3780. The average Bonchev–Trinajstić information content (AvgIpc) is 0.749. The summed E-state index contributed by atoms with van der Waals surface area (Å²) >= 11 is 0. The summed E-state index contributed by atoms with van der Waals surface area (Å²) in [5.41, 5.74) is 0. The number of allylic oxidation sites excluding steroid dienone is 1. The molecule has 0 bridgehead atoms. The van der Waals surface area contributed by atoms with Crippen molar-refractivity contribution in [3.63, 3.8) is 0 Å². The first kappa shape index (κ1) is 126. The van der Waals surface area contributed by atoms with Gasteiger partial charge in [0, 0.05) is 40.5 Å². The Kier molecular flexibility index (Phi) is 55.1. The lowest BCUT2D eigenvalue weighted by atomic mass is 9.88. The normalized spacial score (nSPS) is 38.0. The predicted molar refractivity (Wildman–Crippen MR) is 499 cm³/mol. The molecule has 146 heavy (non-hydrogen) atoms. The molecule has 0 aromatic carbocycles. The zero-order chi connectivity index (χ0) is 107. The maximum atomic E-state index is 13.8. The SMILES string of the molecule is CCCCCCCCCCCCC/C=C/[C@@H](O)[C@H](CO[C@@H]1OC(CO)[C@@H](O[C@@H]2OC(CO[C@@H]3OC(CO)[C@@H](O[C@@H]4OC(CO)[C@H](O)[C@H](O[C@]5(C(=O)O)CC(O)[C@@H](NC(C)=O)C([C@H](O)[C@H](O)CO)O5)C4O)[C@H](O)C3NC(C)=O)[C@H](O)[C@H](O[C@H]3OC(CO)[C@H](O)[C@H](O[C@@H]4OC(CO)[C@H](O)[C@H](O[C@H]5OC(CO)[C@H](O)[C@H](O)C5NC(C)=O)C4NC(C)=O)C3O)C2O)[C@H](O)C1O)NC(=O)CCCCCCCCCCCCCCCCC. The Morgan fingerprint density at radius 2 is 0.726 bits per heavy atom. The van der Waals surface area contributed by atoms with E-state index in [9.17, 15) is 151 Å². The molecular formula is C95H167N5O46. The van der Waals surface area contributed by atoms with Crippen LogP contribution < -0.4 is 26.6 Å². The fourth-order valence-corrected chi connectivity index (χ4v) is 19.5. The number of nitrogens with one attached hydrogen (secondary N) is 5. The molecule has 0 aromatic heterocycles. The van der Waals surface area contributed by atoms with Crippen molar-refractivity contribution < 1.29 is 227 Å². The number of hydrogen-bond acceptors (Lipinski definition) is 45. The van der Waals surface area contributed by atoms with Gasteiger partial charge in [-0.1, -0.05) is 180 Å². The van der Waals surface area contributed by atoms with Gasteiger partial charge in [0.05, 0.1) is 83.8 Å². The smallest absolute Gasteiger partial charge is 0.364 e. The van der Waals surface area contributed by atoms with Crippen LogP contribution in [0.3, 0.4) is 0 Å². The number of aliphatic hydroxyl groups excluding tert-OH is 23. The summed E-state index contributed by atoms with van der Waals surface area (Å²) in [7, 11) is 0. The molecule has 29 N–H and O–H groups in total. The van der Waals surface area contributed by atoms with E-state index in [-0.39, 0.29) is 6.42 Å². The Morgan fingerprint density at radius 3 is 1.19 bits per heavy atom. The molecule has 8 aliphatic heterocycles. The first-order chi connectivity index (χ1) is 69.7. The molecule has 51 nitrogen and oxygen atoms in total. The summed E-state index contributed by atoms with van der Waals surface area (Å²) in [6.45, 7) is -1.44. The van der Waals surface area contributed by atoms with Gasteiger partial charge < -0.3 is 225 Å². The molecule has 0 aliphatic carbocycles. The first-order valence-electron chi connectivity index (χ1n) is 51.6. The van der Waals surface area contributed by atoms with Crippen LogP contribution in [0.1, 0.15) is 228 Å². The summed E-state index contributed by atoms with van der Waals surface area (Å²) in [5.74, 6) is -9.43. The van der Waals surface area contributed by atoms with Gasteiger partial charge in [-0.3, -0.25) is 24.0 Å². The van der Waals surface area contributed by atoms with E-state index >= 15 is 0 Å². The number of carboxylic acid groups (broad SMARTS) is 1. The van der Waals surface area contributed by atoms with Crippen molar-refractivity contribution in [3.8, 4) is 0 Å². The fourth-order valence-electron chi connectivity index (χ4n) is 19.5. The average molecular weight is 2120 g/mol. The minimum absolute atomic E-state index is 0.0833. The van der Waals surface area contributed by atoms with Crippen LogP contribution in [0.15, 0.2) is 12.2 Å². The van der Waals surface area contributed by atoms with Crippen LogP contribution in [0.5, 0.6) is 0 Å². The minimum atomic E-state index is -3.28. The molecule has 0 radical (unpaired) electrons. The highest BCUT2D eigenvalue weighted by Crippen LogP contribution is 2.42. The lowest BCUT2D eigenvalue weighted by molar-refractivity contribution is -0.393. The second-order valence-electron chi connectivity index (χ2n) is 39.2. The van der Waals surface area contributed by atoms with Crippen molar-refractivity contribution in [3.05, 3.63) is 12.2 Å². The first-order valence-corrected chi connectivity index (χ1v) is 51.6. The molecule has 8 fully saturated rings. The van der Waals surface area contributed by atoms with E-state index in [0.29, 0.717) is 12.8 Å². The highest BCUT2D eigenvalue weighted by molar-refractivity contribution is 5.77. The molecular weight excluding hydrogens is 1950 g/mol. The molecule has 16 unspecified atom stereocenters. The Labute approximate surface area is 848 Å². The molecule has 0 spiro atoms.